The summed E-state index contributed by atoms with van der Waals surface area (Å²) in [5, 5.41) is 3.58. The fourth-order valence-electron chi connectivity index (χ4n) is 5.01. The Kier molecular flexibility index (Phi) is 5.93. The molecule has 5 nitrogen and oxygen atoms in total. The molecule has 0 radical (unpaired) electrons. The highest BCUT2D eigenvalue weighted by Gasteiger charge is 2.32. The van der Waals surface area contributed by atoms with Crippen molar-refractivity contribution in [3.8, 4) is 0 Å². The third-order valence-electron chi connectivity index (χ3n) is 6.82. The maximum absolute atomic E-state index is 13.8. The van der Waals surface area contributed by atoms with Crippen molar-refractivity contribution in [2.45, 2.75) is 38.9 Å². The summed E-state index contributed by atoms with van der Waals surface area (Å²) in [6, 6.07) is 11.1. The van der Waals surface area contributed by atoms with Gasteiger partial charge in [0.15, 0.2) is 0 Å². The van der Waals surface area contributed by atoms with Crippen molar-refractivity contribution >= 4 is 28.2 Å². The number of benzene rings is 2. The average molecular weight is 469 g/mol. The van der Waals surface area contributed by atoms with Crippen LogP contribution < -0.4 is 10.2 Å². The van der Waals surface area contributed by atoms with Gasteiger partial charge in [0.05, 0.1) is 28.0 Å². The summed E-state index contributed by atoms with van der Waals surface area (Å²) in [7, 11) is 0. The molecule has 3 heterocycles. The minimum Gasteiger partial charge on any atom is -0.370 e. The van der Waals surface area contributed by atoms with Crippen LogP contribution in [0.25, 0.3) is 10.9 Å². The van der Waals surface area contributed by atoms with Crippen LogP contribution in [0.1, 0.15) is 46.9 Å². The van der Waals surface area contributed by atoms with Gasteiger partial charge in [0.2, 0.25) is 0 Å². The second kappa shape index (κ2) is 8.91. The van der Waals surface area contributed by atoms with Gasteiger partial charge in [-0.15, -0.1) is 0 Å². The third-order valence-corrected chi connectivity index (χ3v) is 6.82. The molecule has 1 amide bonds. The lowest BCUT2D eigenvalue weighted by molar-refractivity contribution is -0.137. The predicted octanol–water partition coefficient (Wildman–Crippen LogP) is 5.48. The van der Waals surface area contributed by atoms with Gasteiger partial charge < -0.3 is 10.2 Å². The second-order valence-corrected chi connectivity index (χ2v) is 8.93. The molecule has 5 rings (SSSR count). The Balaban J connectivity index is 1.60. The number of likely N-dealkylation sites (N-methyl/N-ethyl adjacent to an activating group) is 1. The summed E-state index contributed by atoms with van der Waals surface area (Å²) in [4.78, 5) is 22.8. The molecule has 8 heteroatoms. The van der Waals surface area contributed by atoms with Crippen LogP contribution in [0.5, 0.6) is 0 Å². The number of hydrogen-bond donors (Lipinski definition) is 1. The zero-order valence-corrected chi connectivity index (χ0v) is 19.1. The van der Waals surface area contributed by atoms with Gasteiger partial charge >= 0.3 is 6.18 Å². The summed E-state index contributed by atoms with van der Waals surface area (Å²) >= 11 is 0. The molecular formula is C26H27F3N4O. The van der Waals surface area contributed by atoms with E-state index in [1.165, 1.54) is 6.07 Å². The topological polar surface area (TPSA) is 48.5 Å². The zero-order valence-electron chi connectivity index (χ0n) is 19.1. The standard InChI is InChI=1S/C26H27F3N4O/c1-2-32-14-11-21-19(16-32)24(18-7-3-4-8-20(18)30-21)25(34)31-22-15-17(26(27,28)29)9-10-23(22)33-12-5-6-13-33/h3-4,7-10,15H,2,5-6,11-14,16H2,1H3,(H,31,34). The molecule has 2 aromatic carbocycles. The highest BCUT2D eigenvalue weighted by Crippen LogP contribution is 2.37. The number of carbonyl (C=O) groups excluding carboxylic acids is 1. The fraction of sp³-hybridized carbons (Fsp3) is 0.385. The largest absolute Gasteiger partial charge is 0.416 e. The van der Waals surface area contributed by atoms with Gasteiger partial charge in [-0.2, -0.15) is 13.2 Å². The SMILES string of the molecule is CCN1CCc2nc3ccccc3c(C(=O)Nc3cc(C(F)(F)F)ccc3N3CCCC3)c2C1. The molecule has 178 valence electrons. The van der Waals surface area contributed by atoms with Crippen molar-refractivity contribution in [1.82, 2.24) is 9.88 Å². The van der Waals surface area contributed by atoms with Gasteiger partial charge in [-0.3, -0.25) is 14.7 Å². The number of anilines is 2. The monoisotopic (exact) mass is 468 g/mol. The Labute approximate surface area is 196 Å². The van der Waals surface area contributed by atoms with Gasteiger partial charge in [-0.05, 0) is 43.7 Å². The number of carbonyl (C=O) groups is 1. The van der Waals surface area contributed by atoms with Crippen molar-refractivity contribution < 1.29 is 18.0 Å². The molecule has 3 aromatic rings. The summed E-state index contributed by atoms with van der Waals surface area (Å²) in [6.45, 7) is 5.89. The van der Waals surface area contributed by atoms with Crippen molar-refractivity contribution in [2.24, 2.45) is 0 Å². The summed E-state index contributed by atoms with van der Waals surface area (Å²) in [6.07, 6.45) is -1.81. The van der Waals surface area contributed by atoms with E-state index in [1.807, 2.05) is 29.2 Å². The number of aromatic nitrogens is 1. The van der Waals surface area contributed by atoms with Crippen molar-refractivity contribution in [2.75, 3.05) is 36.4 Å². The van der Waals surface area contributed by atoms with Gasteiger partial charge in [-0.1, -0.05) is 25.1 Å². The molecule has 0 atom stereocenters. The Bertz CT molecular complexity index is 1230. The second-order valence-electron chi connectivity index (χ2n) is 8.93. The lowest BCUT2D eigenvalue weighted by atomic mass is 9.95. The number of hydrogen-bond acceptors (Lipinski definition) is 4. The average Bonchev–Trinajstić information content (AvgIpc) is 3.36. The van der Waals surface area contributed by atoms with E-state index in [1.54, 1.807) is 0 Å². The summed E-state index contributed by atoms with van der Waals surface area (Å²) in [5.74, 6) is -0.396. The smallest absolute Gasteiger partial charge is 0.370 e. The molecule has 2 aliphatic rings. The number of para-hydroxylation sites is 1. The van der Waals surface area contributed by atoms with E-state index in [4.69, 9.17) is 4.98 Å². The van der Waals surface area contributed by atoms with Crippen molar-refractivity contribution in [3.05, 3.63) is 64.8 Å². The van der Waals surface area contributed by atoms with Crippen molar-refractivity contribution in [1.29, 1.82) is 0 Å². The maximum atomic E-state index is 13.8. The number of halogens is 3. The molecule has 0 spiro atoms. The van der Waals surface area contributed by atoms with Crippen LogP contribution in [-0.2, 0) is 19.1 Å². The van der Waals surface area contributed by atoms with Gasteiger partial charge in [-0.25, -0.2) is 0 Å². The number of rotatable bonds is 4. The third kappa shape index (κ3) is 4.22. The highest BCUT2D eigenvalue weighted by atomic mass is 19.4. The van der Waals surface area contributed by atoms with Crippen LogP contribution in [0.3, 0.4) is 0 Å². The fourth-order valence-corrected chi connectivity index (χ4v) is 5.01. The van der Waals surface area contributed by atoms with Gasteiger partial charge in [0.1, 0.15) is 0 Å². The van der Waals surface area contributed by atoms with E-state index < -0.39 is 17.6 Å². The van der Waals surface area contributed by atoms with Gasteiger partial charge in [0, 0.05) is 49.2 Å². The molecule has 1 aromatic heterocycles. The molecule has 0 aliphatic carbocycles. The highest BCUT2D eigenvalue weighted by molar-refractivity contribution is 6.14. The van der Waals surface area contributed by atoms with Crippen LogP contribution in [0.4, 0.5) is 24.5 Å². The Hall–Kier alpha value is -3.13. The first-order chi connectivity index (χ1) is 16.3. The number of nitrogens with one attached hydrogen (secondary N) is 1. The number of alkyl halides is 3. The van der Waals surface area contributed by atoms with E-state index >= 15 is 0 Å². The van der Waals surface area contributed by atoms with Crippen molar-refractivity contribution in [3.63, 3.8) is 0 Å². The molecule has 0 saturated carbocycles. The minimum atomic E-state index is -4.49. The lowest BCUT2D eigenvalue weighted by Gasteiger charge is -2.29. The first-order valence-electron chi connectivity index (χ1n) is 11.8. The van der Waals surface area contributed by atoms with E-state index in [0.29, 0.717) is 23.2 Å². The molecule has 1 N–H and O–H groups in total. The molecule has 2 aliphatic heterocycles. The molecule has 0 bridgehead atoms. The van der Waals surface area contributed by atoms with Crippen LogP contribution in [-0.4, -0.2) is 42.0 Å². The van der Waals surface area contributed by atoms with E-state index in [0.717, 1.165) is 74.3 Å². The lowest BCUT2D eigenvalue weighted by Crippen LogP contribution is -2.33. The summed E-state index contributed by atoms with van der Waals surface area (Å²) in [5.41, 5.74) is 3.02. The first-order valence-corrected chi connectivity index (χ1v) is 11.8. The molecule has 34 heavy (non-hydrogen) atoms. The van der Waals surface area contributed by atoms with Crippen LogP contribution in [0, 0.1) is 0 Å². The molecule has 1 saturated heterocycles. The summed E-state index contributed by atoms with van der Waals surface area (Å²) < 4.78 is 40.5. The zero-order chi connectivity index (χ0) is 23.9. The number of fused-ring (bicyclic) bond motifs is 2. The Morgan fingerprint density at radius 1 is 1.09 bits per heavy atom. The number of pyridine rings is 1. The first kappa shape index (κ1) is 22.7. The molecule has 0 unspecified atom stereocenters. The predicted molar refractivity (Wildman–Crippen MR) is 127 cm³/mol. The molecule has 1 fully saturated rings. The van der Waals surface area contributed by atoms with E-state index in [9.17, 15) is 18.0 Å². The van der Waals surface area contributed by atoms with Crippen LogP contribution >= 0.6 is 0 Å². The maximum Gasteiger partial charge on any atom is 0.416 e. The Morgan fingerprint density at radius 3 is 2.59 bits per heavy atom. The number of nitrogens with zero attached hydrogens (tertiary/aromatic N) is 3. The normalized spacial score (nSPS) is 16.6. The Morgan fingerprint density at radius 2 is 1.85 bits per heavy atom. The van der Waals surface area contributed by atoms with Crippen LogP contribution in [0.2, 0.25) is 0 Å². The minimum absolute atomic E-state index is 0.194. The molecular weight excluding hydrogens is 441 g/mol. The van der Waals surface area contributed by atoms with E-state index in [2.05, 4.69) is 17.1 Å². The number of amides is 1. The quantitative estimate of drug-likeness (QED) is 0.551. The van der Waals surface area contributed by atoms with Crippen LogP contribution in [0.15, 0.2) is 42.5 Å². The van der Waals surface area contributed by atoms with E-state index in [-0.39, 0.29) is 5.69 Å². The van der Waals surface area contributed by atoms with Gasteiger partial charge in [0.25, 0.3) is 5.91 Å².